The van der Waals surface area contributed by atoms with Gasteiger partial charge in [0.05, 0.1) is 48.4 Å². The molecule has 5 aromatic heterocycles. The Morgan fingerprint density at radius 2 is 0.639 bits per heavy atom. The molecule has 19 heteroatoms. The minimum atomic E-state index is -1.37. The Bertz CT molecular complexity index is 5760. The number of aliphatic hydroxyl groups excluding tert-OH is 3. The number of hydrogen-bond donors (Lipinski definition) is 4. The van der Waals surface area contributed by atoms with E-state index in [1.54, 1.807) is 26.0 Å². The van der Waals surface area contributed by atoms with Gasteiger partial charge in [-0.1, -0.05) is 197 Å². The summed E-state index contributed by atoms with van der Waals surface area (Å²) in [6.45, 7) is 12.5. The number of carboxylic acid groups (broad SMARTS) is 1. The first-order chi connectivity index (χ1) is 55.4. The van der Waals surface area contributed by atoms with E-state index in [0.29, 0.717) is 11.6 Å². The van der Waals surface area contributed by atoms with Gasteiger partial charge in [-0.3, -0.25) is 34.3 Å². The normalized spacial score (nSPS) is 10.9. The molecule has 0 saturated heterocycles. The summed E-state index contributed by atoms with van der Waals surface area (Å²) >= 11 is 0. The van der Waals surface area contributed by atoms with Crippen LogP contribution in [0, 0.1) is 29.7 Å². The number of aromatic carboxylic acids is 1. The van der Waals surface area contributed by atoms with E-state index in [-0.39, 0.29) is 109 Å². The molecule has 0 aliphatic rings. The van der Waals surface area contributed by atoms with Gasteiger partial charge in [0.15, 0.2) is 0 Å². The number of allylic oxidation sites excluding steroid dienone is 5. The largest absolute Gasteiger partial charge is 0.511 e. The zero-order valence-electron chi connectivity index (χ0n) is 66.0. The number of ketones is 3. The van der Waals surface area contributed by atoms with Crippen LogP contribution in [0.3, 0.4) is 0 Å². The molecule has 0 amide bonds. The van der Waals surface area contributed by atoms with E-state index in [2.05, 4.69) is 223 Å². The number of pyridine rings is 5. The summed E-state index contributed by atoms with van der Waals surface area (Å²) < 4.78 is 23.2. The summed E-state index contributed by atoms with van der Waals surface area (Å²) in [5, 5.41) is 48.7. The van der Waals surface area contributed by atoms with Gasteiger partial charge in [0.1, 0.15) is 23.3 Å². The molecule has 13 nitrogen and oxygen atoms in total. The van der Waals surface area contributed by atoms with Crippen molar-refractivity contribution >= 4 is 110 Å². The third-order valence-corrected chi connectivity index (χ3v) is 17.8. The quantitative estimate of drug-likeness (QED) is 0.0370. The number of hydrogen-bond acceptors (Lipinski definition) is 9. The standard InChI is InChI=1S/4C19H12N.C9H16O2.C6H5NO2.C5H7FO2.C4H5FO2.4Ir/c4*1-2-7-15(8-3-1)18-13-11-17-16-9-5-4-6-14(16)10-12-19(17)20-18;1-6(7(2)10)8(11)9(3,4)5;8-6(9)5-3-1-2-4-7-5;1-3(7)5(6)4(2)8;1-3(6)2-4(5)7;;;;/h4*1-7,9-13H;11H,1-5H3;1-4H,(H,8,9);7H,1-2H3;2,7H,1H3;;;;/q4*-1;;;;;;;;/p+3. The number of aliphatic hydroxyl groups is 3. The maximum atomic E-state index is 12.0. The van der Waals surface area contributed by atoms with Gasteiger partial charge in [-0.25, -0.2) is 9.78 Å². The summed E-state index contributed by atoms with van der Waals surface area (Å²) in [7, 11) is 0. The van der Waals surface area contributed by atoms with Gasteiger partial charge in [-0.15, -0.1) is 144 Å². The van der Waals surface area contributed by atoms with Gasteiger partial charge >= 0.3 is 23.3 Å². The molecule has 0 atom stereocenters. The van der Waals surface area contributed by atoms with Crippen molar-refractivity contribution < 1.29 is 129 Å². The van der Waals surface area contributed by atoms with Crippen LogP contribution < -0.4 is 0 Å². The number of carbonyl (C=O) groups is 1. The van der Waals surface area contributed by atoms with Crippen molar-refractivity contribution in [3.05, 3.63) is 381 Å². The molecule has 0 aliphatic carbocycles. The number of carboxylic acids is 1. The topological polar surface area (TPSA) is 227 Å². The molecule has 17 aromatic rings. The fraction of sp³-hybridized carbons (Fsp3) is 0.0900. The minimum absolute atomic E-state index is 0. The second-order valence-corrected chi connectivity index (χ2v) is 27.2. The second kappa shape index (κ2) is 46.8. The molecule has 17 rings (SSSR count). The first kappa shape index (κ1) is 95.9. The smallest absolute Gasteiger partial charge is 0.354 e. The summed E-state index contributed by atoms with van der Waals surface area (Å²) in [5.74, 6) is -2.76. The average Bonchev–Trinajstić information content (AvgIpc) is 0.800. The van der Waals surface area contributed by atoms with Crippen LogP contribution in [-0.2, 0) is 80.4 Å². The fourth-order valence-corrected chi connectivity index (χ4v) is 12.0. The summed E-state index contributed by atoms with van der Waals surface area (Å²) in [5.41, 5.74) is 12.5. The number of benzene rings is 12. The van der Waals surface area contributed by atoms with E-state index < -0.39 is 29.4 Å². The Hall–Kier alpha value is -12.0. The maximum Gasteiger partial charge on any atom is 0.354 e. The molecule has 12 aromatic carbocycles. The molecule has 0 fully saturated rings. The van der Waals surface area contributed by atoms with E-state index in [1.807, 2.05) is 118 Å². The van der Waals surface area contributed by atoms with Crippen molar-refractivity contribution in [1.29, 1.82) is 0 Å². The molecule has 0 spiro atoms. The van der Waals surface area contributed by atoms with Crippen molar-refractivity contribution in [2.45, 2.75) is 55.4 Å². The van der Waals surface area contributed by atoms with Crippen LogP contribution in [0.4, 0.5) is 8.78 Å². The monoisotopic (exact) mass is 2290 g/mol. The van der Waals surface area contributed by atoms with E-state index >= 15 is 0 Å². The van der Waals surface area contributed by atoms with Crippen LogP contribution in [0.1, 0.15) is 65.9 Å². The number of rotatable bonds is 8. The van der Waals surface area contributed by atoms with Crippen LogP contribution in [0.25, 0.3) is 132 Å². The molecule has 0 unspecified atom stereocenters. The van der Waals surface area contributed by atoms with E-state index in [9.17, 15) is 18.7 Å². The Kier molecular flexibility index (Phi) is 37.7. The summed E-state index contributed by atoms with van der Waals surface area (Å²) in [6, 6.07) is 115. The molecule has 5 heterocycles. The molecule has 4 radical (unpaired) electrons. The molecule has 0 saturated carbocycles. The number of aromatic nitrogens is 5. The van der Waals surface area contributed by atoms with Crippen molar-refractivity contribution in [2.75, 3.05) is 0 Å². The van der Waals surface area contributed by atoms with E-state index in [0.717, 1.165) is 80.9 Å². The molecule has 7 N–H and O–H groups in total. The van der Waals surface area contributed by atoms with Crippen LogP contribution in [0.15, 0.2) is 351 Å². The van der Waals surface area contributed by atoms with Crippen LogP contribution in [0.5, 0.6) is 0 Å². The predicted octanol–water partition coefficient (Wildman–Crippen LogP) is 24.9. The number of halogens is 2. The van der Waals surface area contributed by atoms with Crippen molar-refractivity contribution in [2.24, 2.45) is 5.41 Å². The average molecular weight is 2290 g/mol. The second-order valence-electron chi connectivity index (χ2n) is 27.2. The van der Waals surface area contributed by atoms with Crippen LogP contribution in [0.2, 0.25) is 0 Å². The predicted molar refractivity (Wildman–Crippen MR) is 466 cm³/mol. The van der Waals surface area contributed by atoms with E-state index in [4.69, 9.17) is 49.6 Å². The molecule has 119 heavy (non-hydrogen) atoms. The first-order valence-corrected chi connectivity index (χ1v) is 36.7. The Morgan fingerprint density at radius 1 is 0.353 bits per heavy atom. The molecule has 0 aliphatic heterocycles. The zero-order chi connectivity index (χ0) is 82.0. The van der Waals surface area contributed by atoms with Crippen molar-refractivity contribution in [1.82, 2.24) is 24.9 Å². The van der Waals surface area contributed by atoms with Gasteiger partial charge in [0, 0.05) is 114 Å². The molecular formula is C100H84F2Ir4N5O8-. The van der Waals surface area contributed by atoms with Crippen molar-refractivity contribution in [3.63, 3.8) is 0 Å². The summed E-state index contributed by atoms with van der Waals surface area (Å²) in [4.78, 5) is 58.3. The van der Waals surface area contributed by atoms with Gasteiger partial charge in [0.25, 0.3) is 11.8 Å². The first-order valence-electron chi connectivity index (χ1n) is 36.7. The molecule has 0 bridgehead atoms. The maximum absolute atomic E-state index is 12.0. The van der Waals surface area contributed by atoms with E-state index in [1.165, 1.54) is 83.8 Å². The zero-order valence-corrected chi connectivity index (χ0v) is 75.5. The van der Waals surface area contributed by atoms with Crippen molar-refractivity contribution in [3.8, 4) is 45.0 Å². The van der Waals surface area contributed by atoms with Gasteiger partial charge < -0.3 is 20.4 Å². The third kappa shape index (κ3) is 27.0. The van der Waals surface area contributed by atoms with Crippen LogP contribution in [-0.4, -0.2) is 83.0 Å². The Balaban J connectivity index is 0.000000216. The SMILES string of the molecule is CC(=[OH+])C(C)=C(O)C(C)(C)C.CC(=[OH+])C(F)=C(C)O.CC(=[OH+])C=C(O)F.O=C(O)c1ccccn1.[Ir].[Ir].[Ir].[Ir].[c-]1ccccc1-c1ccc2c(ccc3ccccc32)n1.[c-]1ccccc1-c1ccc2c(ccc3ccccc32)n1.[c-]1ccccc1-c1ccc2c(ccc3ccccc32)n1.[c-]1ccccc1-c1ccc2c(ccc3ccccc32)n1. The number of fused-ring (bicyclic) bond motifs is 12. The summed E-state index contributed by atoms with van der Waals surface area (Å²) in [6.07, 6.45) is 2.06. The minimum Gasteiger partial charge on any atom is -0.511 e. The Labute approximate surface area is 743 Å². The van der Waals surface area contributed by atoms with Gasteiger partial charge in [-0.05, 0) is 116 Å². The number of carbonyl (C=O) groups excluding carboxylic acids is 3. The molecule has 608 valence electrons. The van der Waals surface area contributed by atoms with Gasteiger partial charge in [-0.2, -0.15) is 8.78 Å². The molecular weight excluding hydrogens is 2210 g/mol. The van der Waals surface area contributed by atoms with Gasteiger partial charge in [0.2, 0.25) is 0 Å². The third-order valence-electron chi connectivity index (χ3n) is 17.8. The fourth-order valence-electron chi connectivity index (χ4n) is 12.0. The number of nitrogens with zero attached hydrogens (tertiary/aromatic N) is 5. The Morgan fingerprint density at radius 3 is 0.824 bits per heavy atom. The van der Waals surface area contributed by atoms with Crippen LogP contribution >= 0.6 is 0 Å².